The molecule has 0 saturated heterocycles. The van der Waals surface area contributed by atoms with Crippen LogP contribution < -0.4 is 5.73 Å². The zero-order valence-corrected chi connectivity index (χ0v) is 12.1. The smallest absolute Gasteiger partial charge is 0.141 e. The first-order valence-electron chi connectivity index (χ1n) is 6.26. The molecule has 0 aromatic carbocycles. The Morgan fingerprint density at radius 1 is 1.06 bits per heavy atom. The van der Waals surface area contributed by atoms with E-state index in [4.69, 9.17) is 5.73 Å². The van der Waals surface area contributed by atoms with Crippen molar-refractivity contribution in [2.24, 2.45) is 23.0 Å². The molecule has 1 aliphatic carbocycles. The molecule has 2 N–H and O–H groups in total. The van der Waals surface area contributed by atoms with Gasteiger partial charge in [0.25, 0.3) is 0 Å². The zero-order valence-electron chi connectivity index (χ0n) is 12.1. The van der Waals surface area contributed by atoms with Crippen LogP contribution in [0, 0.1) is 17.3 Å². The molecule has 1 rings (SSSR count). The molecule has 0 aromatic heterocycles. The van der Waals surface area contributed by atoms with Crippen LogP contribution in [0.1, 0.15) is 61.3 Å². The maximum absolute atomic E-state index is 11.7. The van der Waals surface area contributed by atoms with Gasteiger partial charge in [0.1, 0.15) is 5.78 Å². The fourth-order valence-corrected chi connectivity index (χ4v) is 1.61. The van der Waals surface area contributed by atoms with Crippen LogP contribution >= 0.6 is 0 Å². The van der Waals surface area contributed by atoms with Crippen LogP contribution in [0.4, 0.5) is 0 Å². The lowest BCUT2D eigenvalue weighted by atomic mass is 9.67. The third-order valence-electron chi connectivity index (χ3n) is 2.70. The predicted octanol–water partition coefficient (Wildman–Crippen LogP) is 3.39. The van der Waals surface area contributed by atoms with E-state index >= 15 is 0 Å². The standard InChI is InChI=1S/C10H18O.C4H11N/c1-7-5-6-8(7)9(11)10(2,3)4;1-4(2,3)5/h7-8H,5-6H2,1-4H3;5H2,1-3H3/t7-,8?;/m0./s1. The van der Waals surface area contributed by atoms with Crippen LogP contribution in [-0.4, -0.2) is 11.3 Å². The Labute approximate surface area is 101 Å². The predicted molar refractivity (Wildman–Crippen MR) is 70.3 cm³/mol. The third-order valence-corrected chi connectivity index (χ3v) is 2.70. The Morgan fingerprint density at radius 3 is 1.50 bits per heavy atom. The number of rotatable bonds is 1. The average molecular weight is 227 g/mol. The SMILES string of the molecule is CC(C)(C)N.C[C@H]1CCC1C(=O)C(C)(C)C. The van der Waals surface area contributed by atoms with Gasteiger partial charge in [-0.2, -0.15) is 0 Å². The van der Waals surface area contributed by atoms with Crippen LogP contribution in [-0.2, 0) is 4.79 Å². The number of carbonyl (C=O) groups is 1. The summed E-state index contributed by atoms with van der Waals surface area (Å²) in [5.41, 5.74) is 5.23. The van der Waals surface area contributed by atoms with Gasteiger partial charge < -0.3 is 5.73 Å². The van der Waals surface area contributed by atoms with E-state index in [2.05, 4.69) is 6.92 Å². The lowest BCUT2D eigenvalue weighted by Gasteiger charge is -2.36. The summed E-state index contributed by atoms with van der Waals surface area (Å²) in [4.78, 5) is 11.7. The van der Waals surface area contributed by atoms with Gasteiger partial charge in [0.15, 0.2) is 0 Å². The molecule has 2 heteroatoms. The van der Waals surface area contributed by atoms with E-state index in [1.807, 2.05) is 41.5 Å². The summed E-state index contributed by atoms with van der Waals surface area (Å²) < 4.78 is 0. The van der Waals surface area contributed by atoms with Gasteiger partial charge in [0.05, 0.1) is 0 Å². The van der Waals surface area contributed by atoms with Crippen LogP contribution in [0.25, 0.3) is 0 Å². The van der Waals surface area contributed by atoms with E-state index < -0.39 is 0 Å². The van der Waals surface area contributed by atoms with Gasteiger partial charge in [0.2, 0.25) is 0 Å². The summed E-state index contributed by atoms with van der Waals surface area (Å²) in [5.74, 6) is 1.47. The largest absolute Gasteiger partial charge is 0.326 e. The van der Waals surface area contributed by atoms with Crippen LogP contribution in [0.2, 0.25) is 0 Å². The molecule has 0 aliphatic heterocycles. The highest BCUT2D eigenvalue weighted by Gasteiger charge is 2.38. The van der Waals surface area contributed by atoms with E-state index in [0.29, 0.717) is 17.6 Å². The summed E-state index contributed by atoms with van der Waals surface area (Å²) in [5, 5.41) is 0. The second kappa shape index (κ2) is 5.31. The summed E-state index contributed by atoms with van der Waals surface area (Å²) in [6.45, 7) is 14.1. The first-order valence-corrected chi connectivity index (χ1v) is 6.26. The highest BCUT2D eigenvalue weighted by molar-refractivity contribution is 5.86. The van der Waals surface area contributed by atoms with E-state index in [1.54, 1.807) is 0 Å². The fourth-order valence-electron chi connectivity index (χ4n) is 1.61. The maximum Gasteiger partial charge on any atom is 0.141 e. The number of nitrogens with two attached hydrogens (primary N) is 1. The molecule has 0 amide bonds. The minimum absolute atomic E-state index is 0. The van der Waals surface area contributed by atoms with Crippen LogP contribution in [0.15, 0.2) is 0 Å². The number of Topliss-reactive ketones (excluding diaryl/α,β-unsaturated/α-hetero) is 1. The van der Waals surface area contributed by atoms with E-state index in [1.165, 1.54) is 6.42 Å². The first kappa shape index (κ1) is 15.6. The number of ketones is 1. The number of hydrogen-bond donors (Lipinski definition) is 1. The molecule has 1 saturated carbocycles. The van der Waals surface area contributed by atoms with Crippen LogP contribution in [0.5, 0.6) is 0 Å². The quantitative estimate of drug-likeness (QED) is 0.746. The van der Waals surface area contributed by atoms with Gasteiger partial charge in [0, 0.05) is 16.9 Å². The lowest BCUT2D eigenvalue weighted by molar-refractivity contribution is -0.135. The van der Waals surface area contributed by atoms with Gasteiger partial charge in [-0.3, -0.25) is 4.79 Å². The molecular formula is C14H29NO. The molecule has 96 valence electrons. The minimum Gasteiger partial charge on any atom is -0.326 e. The van der Waals surface area contributed by atoms with E-state index in [0.717, 1.165) is 6.42 Å². The van der Waals surface area contributed by atoms with Crippen molar-refractivity contribution < 1.29 is 4.79 Å². The van der Waals surface area contributed by atoms with Crippen molar-refractivity contribution in [2.45, 2.75) is 66.8 Å². The second-order valence-corrected chi connectivity index (χ2v) is 7.14. The fraction of sp³-hybridized carbons (Fsp3) is 0.929. The zero-order chi connectivity index (χ0) is 13.1. The lowest BCUT2D eigenvalue weighted by Crippen LogP contribution is -2.37. The Balaban J connectivity index is 0.000000385. The van der Waals surface area contributed by atoms with E-state index in [-0.39, 0.29) is 11.0 Å². The summed E-state index contributed by atoms with van der Waals surface area (Å²) in [6.07, 6.45) is 2.36. The molecule has 1 fully saturated rings. The van der Waals surface area contributed by atoms with Gasteiger partial charge in [-0.25, -0.2) is 0 Å². The van der Waals surface area contributed by atoms with Crippen molar-refractivity contribution in [3.05, 3.63) is 0 Å². The van der Waals surface area contributed by atoms with Gasteiger partial charge >= 0.3 is 0 Å². The van der Waals surface area contributed by atoms with Gasteiger partial charge in [-0.15, -0.1) is 0 Å². The highest BCUT2D eigenvalue weighted by atomic mass is 16.1. The topological polar surface area (TPSA) is 43.1 Å². The molecule has 0 aromatic rings. The Hall–Kier alpha value is -0.370. The molecule has 1 unspecified atom stereocenters. The van der Waals surface area contributed by atoms with Crippen molar-refractivity contribution in [2.75, 3.05) is 0 Å². The maximum atomic E-state index is 11.7. The molecule has 0 bridgehead atoms. The number of hydrogen-bond acceptors (Lipinski definition) is 2. The summed E-state index contributed by atoms with van der Waals surface area (Å²) in [6, 6.07) is 0. The molecule has 0 spiro atoms. The van der Waals surface area contributed by atoms with Crippen molar-refractivity contribution >= 4 is 5.78 Å². The second-order valence-electron chi connectivity index (χ2n) is 7.14. The van der Waals surface area contributed by atoms with Gasteiger partial charge in [-0.05, 0) is 39.5 Å². The highest BCUT2D eigenvalue weighted by Crippen LogP contribution is 2.38. The minimum atomic E-state index is -0.126. The van der Waals surface area contributed by atoms with Gasteiger partial charge in [-0.1, -0.05) is 27.7 Å². The monoisotopic (exact) mass is 227 g/mol. The molecule has 16 heavy (non-hydrogen) atoms. The Morgan fingerprint density at radius 2 is 1.44 bits per heavy atom. The third kappa shape index (κ3) is 6.26. The Bertz CT molecular complexity index is 226. The summed E-state index contributed by atoms with van der Waals surface area (Å²) in [7, 11) is 0. The first-order chi connectivity index (χ1) is 6.93. The number of carbonyl (C=O) groups excluding carboxylic acids is 1. The van der Waals surface area contributed by atoms with Crippen LogP contribution in [0.3, 0.4) is 0 Å². The average Bonchev–Trinajstić information content (AvgIpc) is 1.96. The normalized spacial score (nSPS) is 25.2. The molecular weight excluding hydrogens is 198 g/mol. The molecule has 2 atom stereocenters. The molecule has 0 radical (unpaired) electrons. The van der Waals surface area contributed by atoms with Crippen molar-refractivity contribution in [1.29, 1.82) is 0 Å². The molecule has 1 aliphatic rings. The van der Waals surface area contributed by atoms with Crippen molar-refractivity contribution in [3.63, 3.8) is 0 Å². The van der Waals surface area contributed by atoms with Crippen molar-refractivity contribution in [3.8, 4) is 0 Å². The molecule has 0 heterocycles. The summed E-state index contributed by atoms with van der Waals surface area (Å²) >= 11 is 0. The van der Waals surface area contributed by atoms with Crippen molar-refractivity contribution in [1.82, 2.24) is 0 Å². The Kier molecular flexibility index (Phi) is 5.18. The van der Waals surface area contributed by atoms with E-state index in [9.17, 15) is 4.79 Å². The molecule has 2 nitrogen and oxygen atoms in total.